The molecule has 0 saturated heterocycles. The van der Waals surface area contributed by atoms with Gasteiger partial charge in [-0.1, -0.05) is 69.9 Å². The molecule has 0 bridgehead atoms. The lowest BCUT2D eigenvalue weighted by Crippen LogP contribution is -1.85. The quantitative estimate of drug-likeness (QED) is 0.192. The topological polar surface area (TPSA) is 20.2 Å². The summed E-state index contributed by atoms with van der Waals surface area (Å²) in [5.74, 6) is 0. The van der Waals surface area contributed by atoms with Gasteiger partial charge in [-0.05, 0) is 113 Å². The van der Waals surface area contributed by atoms with Crippen LogP contribution in [-0.4, -0.2) is 11.7 Å². The normalized spacial score (nSPS) is 14.3. The predicted octanol–water partition coefficient (Wildman–Crippen LogP) is 9.58. The van der Waals surface area contributed by atoms with E-state index in [9.17, 15) is 0 Å². The Morgan fingerprint density at radius 1 is 0.419 bits per heavy atom. The number of allylic oxidation sites excluding steroid dienone is 11. The molecule has 0 fully saturated rings. The van der Waals surface area contributed by atoms with Crippen LogP contribution >= 0.6 is 0 Å². The molecule has 31 heavy (non-hydrogen) atoms. The molecule has 0 spiro atoms. The van der Waals surface area contributed by atoms with Crippen LogP contribution in [0.3, 0.4) is 0 Å². The van der Waals surface area contributed by atoms with Gasteiger partial charge in [-0.25, -0.2) is 0 Å². The maximum Gasteiger partial charge on any atom is 0.0639 e. The van der Waals surface area contributed by atoms with Gasteiger partial charge >= 0.3 is 0 Å². The zero-order chi connectivity index (χ0) is 23.5. The molecule has 0 amide bonds. The molecule has 0 aromatic rings. The first kappa shape index (κ1) is 29.4. The van der Waals surface area contributed by atoms with Crippen molar-refractivity contribution in [2.24, 2.45) is 0 Å². The molecule has 0 rings (SSSR count). The van der Waals surface area contributed by atoms with E-state index >= 15 is 0 Å². The van der Waals surface area contributed by atoms with Gasteiger partial charge in [-0.15, -0.1) is 0 Å². The van der Waals surface area contributed by atoms with Crippen molar-refractivity contribution in [1.29, 1.82) is 0 Å². The molecule has 1 nitrogen and oxygen atoms in total. The molecule has 0 aliphatic heterocycles. The van der Waals surface area contributed by atoms with E-state index in [1.54, 1.807) is 0 Å². The summed E-state index contributed by atoms with van der Waals surface area (Å²) in [5.41, 5.74) is 8.47. The molecule has 0 radical (unpaired) electrons. The van der Waals surface area contributed by atoms with Crippen LogP contribution in [0.25, 0.3) is 0 Å². The zero-order valence-corrected chi connectivity index (χ0v) is 21.7. The van der Waals surface area contributed by atoms with Gasteiger partial charge in [0.15, 0.2) is 0 Å². The second-order valence-corrected chi connectivity index (χ2v) is 9.42. The highest BCUT2D eigenvalue weighted by Gasteiger charge is 1.94. The molecule has 0 aliphatic carbocycles. The Balaban J connectivity index is 4.07. The summed E-state index contributed by atoms with van der Waals surface area (Å²) >= 11 is 0. The first-order chi connectivity index (χ1) is 14.7. The fourth-order valence-electron chi connectivity index (χ4n) is 3.36. The number of rotatable bonds is 16. The first-order valence-electron chi connectivity index (χ1n) is 12.3. The van der Waals surface area contributed by atoms with Gasteiger partial charge in [-0.3, -0.25) is 0 Å². The standard InChI is InChI=1S/C30H50O/c1-25(2)14-10-17-28(5)20-11-18-26(3)15-8-9-16-27(4)19-12-21-29(6)22-13-23-30(7)24-31/h14-16,20-21,23,31H,8-13,17-19,22,24H2,1-7H3/b26-15+,27-16+,28-20+,29-21+,30-23-. The number of unbranched alkanes of at least 4 members (excludes halogenated alkanes) is 1. The van der Waals surface area contributed by atoms with Crippen molar-refractivity contribution < 1.29 is 5.11 Å². The summed E-state index contributed by atoms with van der Waals surface area (Å²) in [6.45, 7) is 15.5. The molecule has 0 heterocycles. The van der Waals surface area contributed by atoms with Crippen molar-refractivity contribution in [3.63, 3.8) is 0 Å². The summed E-state index contributed by atoms with van der Waals surface area (Å²) in [4.78, 5) is 0. The van der Waals surface area contributed by atoms with Gasteiger partial charge in [0, 0.05) is 0 Å². The van der Waals surface area contributed by atoms with Gasteiger partial charge < -0.3 is 5.11 Å². The summed E-state index contributed by atoms with van der Waals surface area (Å²) in [6.07, 6.45) is 25.5. The summed E-state index contributed by atoms with van der Waals surface area (Å²) in [6, 6.07) is 0. The predicted molar refractivity (Wildman–Crippen MR) is 141 cm³/mol. The third kappa shape index (κ3) is 20.1. The van der Waals surface area contributed by atoms with E-state index in [1.165, 1.54) is 53.5 Å². The highest BCUT2D eigenvalue weighted by Crippen LogP contribution is 2.14. The minimum Gasteiger partial charge on any atom is -0.392 e. The van der Waals surface area contributed by atoms with E-state index < -0.39 is 0 Å². The molecular weight excluding hydrogens is 376 g/mol. The molecule has 0 aromatic heterocycles. The molecule has 1 N–H and O–H groups in total. The minimum absolute atomic E-state index is 0.176. The van der Waals surface area contributed by atoms with Crippen molar-refractivity contribution in [3.8, 4) is 0 Å². The largest absolute Gasteiger partial charge is 0.392 e. The van der Waals surface area contributed by atoms with Crippen LogP contribution in [0.15, 0.2) is 69.9 Å². The lowest BCUT2D eigenvalue weighted by atomic mass is 10.0. The average Bonchev–Trinajstić information content (AvgIpc) is 2.70. The van der Waals surface area contributed by atoms with E-state index in [0.29, 0.717) is 0 Å². The van der Waals surface area contributed by atoms with Crippen LogP contribution in [0.1, 0.15) is 113 Å². The third-order valence-electron chi connectivity index (χ3n) is 5.59. The SMILES string of the molecule is CC(C)=CCC/C(C)=C/CC/C(C)=C/CC/C=C(\C)CC/C=C(\C)CC/C=C(/C)CO. The Bertz CT molecular complexity index is 661. The second-order valence-electron chi connectivity index (χ2n) is 9.42. The van der Waals surface area contributed by atoms with Gasteiger partial charge in [0.25, 0.3) is 0 Å². The lowest BCUT2D eigenvalue weighted by Gasteiger charge is -2.03. The fraction of sp³-hybridized carbons (Fsp3) is 0.600. The van der Waals surface area contributed by atoms with Crippen molar-refractivity contribution in [2.75, 3.05) is 6.61 Å². The van der Waals surface area contributed by atoms with Crippen LogP contribution in [0.4, 0.5) is 0 Å². The molecule has 0 aliphatic rings. The monoisotopic (exact) mass is 426 g/mol. The molecule has 0 atom stereocenters. The smallest absolute Gasteiger partial charge is 0.0639 e. The first-order valence-corrected chi connectivity index (χ1v) is 12.3. The average molecular weight is 427 g/mol. The van der Waals surface area contributed by atoms with Crippen LogP contribution in [-0.2, 0) is 0 Å². The Kier molecular flexibility index (Phi) is 18.1. The molecule has 0 aromatic carbocycles. The van der Waals surface area contributed by atoms with E-state index in [4.69, 9.17) is 5.11 Å². The Morgan fingerprint density at radius 2 is 0.710 bits per heavy atom. The molecular formula is C30H50O. The number of aliphatic hydroxyl groups excluding tert-OH is 1. The van der Waals surface area contributed by atoms with Crippen LogP contribution in [0.2, 0.25) is 0 Å². The van der Waals surface area contributed by atoms with Gasteiger partial charge in [0.2, 0.25) is 0 Å². The number of hydrogen-bond acceptors (Lipinski definition) is 1. The lowest BCUT2D eigenvalue weighted by molar-refractivity contribution is 0.331. The van der Waals surface area contributed by atoms with Crippen LogP contribution in [0.5, 0.6) is 0 Å². The van der Waals surface area contributed by atoms with Gasteiger partial charge in [0.05, 0.1) is 6.61 Å². The van der Waals surface area contributed by atoms with Crippen molar-refractivity contribution in [3.05, 3.63) is 69.9 Å². The van der Waals surface area contributed by atoms with E-state index in [-0.39, 0.29) is 6.61 Å². The molecule has 0 unspecified atom stereocenters. The van der Waals surface area contributed by atoms with Crippen molar-refractivity contribution in [1.82, 2.24) is 0 Å². The van der Waals surface area contributed by atoms with E-state index in [1.807, 2.05) is 6.92 Å². The Hall–Kier alpha value is -1.60. The Morgan fingerprint density at radius 3 is 1.03 bits per heavy atom. The van der Waals surface area contributed by atoms with E-state index in [2.05, 4.69) is 78.0 Å². The minimum atomic E-state index is 0.176. The zero-order valence-electron chi connectivity index (χ0n) is 21.7. The van der Waals surface area contributed by atoms with Crippen LogP contribution in [0, 0.1) is 0 Å². The van der Waals surface area contributed by atoms with Crippen molar-refractivity contribution in [2.45, 2.75) is 113 Å². The van der Waals surface area contributed by atoms with Crippen molar-refractivity contribution >= 4 is 0 Å². The maximum atomic E-state index is 9.02. The molecule has 176 valence electrons. The number of hydrogen-bond donors (Lipinski definition) is 1. The van der Waals surface area contributed by atoms with Gasteiger partial charge in [-0.2, -0.15) is 0 Å². The summed E-state index contributed by atoms with van der Waals surface area (Å²) < 4.78 is 0. The molecule has 1 heteroatoms. The fourth-order valence-corrected chi connectivity index (χ4v) is 3.36. The maximum absolute atomic E-state index is 9.02. The summed E-state index contributed by atoms with van der Waals surface area (Å²) in [5, 5.41) is 9.02. The number of aliphatic hydroxyl groups is 1. The summed E-state index contributed by atoms with van der Waals surface area (Å²) in [7, 11) is 0. The van der Waals surface area contributed by atoms with Crippen LogP contribution < -0.4 is 0 Å². The van der Waals surface area contributed by atoms with E-state index in [0.717, 1.165) is 44.1 Å². The van der Waals surface area contributed by atoms with Gasteiger partial charge in [0.1, 0.15) is 0 Å². The highest BCUT2D eigenvalue weighted by molar-refractivity contribution is 5.08. The highest BCUT2D eigenvalue weighted by atomic mass is 16.3. The third-order valence-corrected chi connectivity index (χ3v) is 5.59. The second kappa shape index (κ2) is 19.1. The molecule has 0 saturated carbocycles. The Labute approximate surface area is 194 Å².